The summed E-state index contributed by atoms with van der Waals surface area (Å²) in [6.07, 6.45) is 0.146. The lowest BCUT2D eigenvalue weighted by molar-refractivity contribution is -0.176. The van der Waals surface area contributed by atoms with Crippen LogP contribution in [0, 0.1) is 10.8 Å². The first-order valence-electron chi connectivity index (χ1n) is 15.4. The molecule has 0 saturated heterocycles. The third kappa shape index (κ3) is 10.7. The summed E-state index contributed by atoms with van der Waals surface area (Å²) in [6, 6.07) is 11.4. The van der Waals surface area contributed by atoms with Crippen molar-refractivity contribution in [3.63, 3.8) is 0 Å². The third-order valence-electron chi connectivity index (χ3n) is 8.71. The maximum Gasteiger partial charge on any atom is 0.306 e. The summed E-state index contributed by atoms with van der Waals surface area (Å²) in [5.74, 6) is 0.391. The number of hydrogen-bond acceptors (Lipinski definition) is 8. The quantitative estimate of drug-likeness (QED) is 0.198. The van der Waals surface area contributed by atoms with Gasteiger partial charge in [-0.3, -0.25) is 9.59 Å². The molecule has 43 heavy (non-hydrogen) atoms. The highest BCUT2D eigenvalue weighted by Gasteiger charge is 2.44. The topological polar surface area (TPSA) is 112 Å². The molecule has 2 aromatic rings. The molecule has 2 rings (SSSR count). The van der Waals surface area contributed by atoms with Crippen LogP contribution in [0.1, 0.15) is 101 Å². The molecular weight excluding hydrogens is 548 g/mol. The van der Waals surface area contributed by atoms with Gasteiger partial charge in [-0.25, -0.2) is 0 Å². The number of ether oxygens (including phenoxy) is 4. The lowest BCUT2D eigenvalue weighted by atomic mass is 9.69. The minimum absolute atomic E-state index is 0.0465. The Balaban J connectivity index is 1.99. The van der Waals surface area contributed by atoms with Gasteiger partial charge in [0, 0.05) is 10.8 Å². The Morgan fingerprint density at radius 1 is 0.791 bits per heavy atom. The minimum Gasteiger partial charge on any atom is -0.491 e. The van der Waals surface area contributed by atoms with Gasteiger partial charge in [-0.05, 0) is 82.0 Å². The molecule has 0 radical (unpaired) electrons. The third-order valence-corrected chi connectivity index (χ3v) is 8.71. The first kappa shape index (κ1) is 36.4. The van der Waals surface area contributed by atoms with Gasteiger partial charge in [0.1, 0.15) is 35.9 Å². The molecule has 0 bridgehead atoms. The zero-order valence-electron chi connectivity index (χ0n) is 27.9. The average molecular weight is 603 g/mol. The van der Waals surface area contributed by atoms with Gasteiger partial charge in [-0.1, -0.05) is 53.7 Å². The highest BCUT2D eigenvalue weighted by molar-refractivity contribution is 5.89. The normalized spacial score (nSPS) is 15.3. The first-order chi connectivity index (χ1) is 19.8. The molecule has 3 unspecified atom stereocenters. The van der Waals surface area contributed by atoms with Gasteiger partial charge >= 0.3 is 11.9 Å². The Kier molecular flexibility index (Phi) is 12.5. The molecule has 2 aromatic carbocycles. The number of hydrogen-bond donors (Lipinski definition) is 2. The summed E-state index contributed by atoms with van der Waals surface area (Å²) in [6.45, 7) is 19.4. The molecule has 0 aliphatic carbocycles. The van der Waals surface area contributed by atoms with Crippen LogP contribution in [0.5, 0.6) is 11.5 Å². The van der Waals surface area contributed by atoms with Gasteiger partial charge in [0.25, 0.3) is 0 Å². The molecule has 3 atom stereocenters. The van der Waals surface area contributed by atoms with Crippen molar-refractivity contribution in [2.45, 2.75) is 125 Å². The molecule has 0 saturated carbocycles. The maximum atomic E-state index is 12.7. The molecule has 8 nitrogen and oxygen atoms in total. The molecule has 0 aliphatic rings. The molecular formula is C35H54O8. The molecule has 2 N–H and O–H groups in total. The fraction of sp³-hybridized carbons (Fsp3) is 0.657. The van der Waals surface area contributed by atoms with Crippen LogP contribution in [0.2, 0.25) is 0 Å². The summed E-state index contributed by atoms with van der Waals surface area (Å²) in [4.78, 5) is 24.9. The molecule has 0 fully saturated rings. The zero-order chi connectivity index (χ0) is 32.6. The number of carbonyl (C=O) groups is 2. The molecule has 0 aromatic heterocycles. The number of rotatable bonds is 16. The van der Waals surface area contributed by atoms with E-state index in [-0.39, 0.29) is 31.5 Å². The number of carbonyl (C=O) groups excluding carboxylic acids is 2. The van der Waals surface area contributed by atoms with E-state index in [0.717, 1.165) is 10.8 Å². The first-order valence-corrected chi connectivity index (χ1v) is 15.4. The van der Waals surface area contributed by atoms with Gasteiger partial charge in [-0.15, -0.1) is 0 Å². The molecule has 0 aliphatic heterocycles. The lowest BCUT2D eigenvalue weighted by Gasteiger charge is -2.44. The van der Waals surface area contributed by atoms with E-state index in [1.807, 2.05) is 106 Å². The van der Waals surface area contributed by atoms with Crippen molar-refractivity contribution in [2.24, 2.45) is 10.8 Å². The fourth-order valence-electron chi connectivity index (χ4n) is 4.55. The molecule has 0 spiro atoms. The monoisotopic (exact) mass is 602 g/mol. The average Bonchev–Trinajstić information content (AvgIpc) is 2.92. The van der Waals surface area contributed by atoms with E-state index in [1.54, 1.807) is 0 Å². The second-order valence-corrected chi connectivity index (χ2v) is 14.0. The standard InChI is InChI=1S/C35H54O8/c1-11-33(6,7)42-30(38)18-19-31(39)43-34(8,9)35(10,12-2)21-25(36)22-41-28-15-13-14-24-20-26(16-17-27(24)28)40-23-29(37)32(3,4)5/h13-17,20,25,29,36-37H,11-12,18-19,21-23H2,1-10H3. The number of aliphatic hydroxyl groups excluding tert-OH is 2. The Bertz CT molecular complexity index is 1210. The Morgan fingerprint density at radius 3 is 2.00 bits per heavy atom. The highest BCUT2D eigenvalue weighted by Crippen LogP contribution is 2.42. The van der Waals surface area contributed by atoms with Crippen LogP contribution >= 0.6 is 0 Å². The number of aliphatic hydroxyl groups is 2. The van der Waals surface area contributed by atoms with Crippen LogP contribution in [0.3, 0.4) is 0 Å². The van der Waals surface area contributed by atoms with Gasteiger partial charge < -0.3 is 29.2 Å². The second-order valence-electron chi connectivity index (χ2n) is 14.0. The number of benzene rings is 2. The summed E-state index contributed by atoms with van der Waals surface area (Å²) in [7, 11) is 0. The van der Waals surface area contributed by atoms with Crippen molar-refractivity contribution >= 4 is 22.7 Å². The van der Waals surface area contributed by atoms with Crippen molar-refractivity contribution in [1.82, 2.24) is 0 Å². The fourth-order valence-corrected chi connectivity index (χ4v) is 4.55. The van der Waals surface area contributed by atoms with Crippen LogP contribution < -0.4 is 9.47 Å². The van der Waals surface area contributed by atoms with Crippen LogP contribution in [0.15, 0.2) is 36.4 Å². The second kappa shape index (κ2) is 14.8. The van der Waals surface area contributed by atoms with Gasteiger partial charge in [-0.2, -0.15) is 0 Å². The van der Waals surface area contributed by atoms with Gasteiger partial charge in [0.15, 0.2) is 0 Å². The van der Waals surface area contributed by atoms with Crippen LogP contribution in [-0.2, 0) is 19.1 Å². The van der Waals surface area contributed by atoms with Crippen LogP contribution in [-0.4, -0.2) is 58.8 Å². The zero-order valence-corrected chi connectivity index (χ0v) is 27.9. The van der Waals surface area contributed by atoms with Crippen molar-refractivity contribution in [2.75, 3.05) is 13.2 Å². The molecule has 0 amide bonds. The Morgan fingerprint density at radius 2 is 1.42 bits per heavy atom. The molecule has 8 heteroatoms. The molecule has 0 heterocycles. The summed E-state index contributed by atoms with van der Waals surface area (Å²) in [5.41, 5.74) is -2.30. The van der Waals surface area contributed by atoms with Crippen molar-refractivity contribution in [1.29, 1.82) is 0 Å². The lowest BCUT2D eigenvalue weighted by Crippen LogP contribution is -2.47. The van der Waals surface area contributed by atoms with Crippen LogP contribution in [0.25, 0.3) is 10.8 Å². The Labute approximate surface area is 258 Å². The number of esters is 2. The van der Waals surface area contributed by atoms with Crippen LogP contribution in [0.4, 0.5) is 0 Å². The maximum absolute atomic E-state index is 12.7. The number of fused-ring (bicyclic) bond motifs is 1. The largest absolute Gasteiger partial charge is 0.491 e. The Hall–Kier alpha value is -2.84. The predicted octanol–water partition coefficient (Wildman–Crippen LogP) is 7.01. The van der Waals surface area contributed by atoms with E-state index < -0.39 is 40.8 Å². The van der Waals surface area contributed by atoms with Crippen molar-refractivity contribution in [3.8, 4) is 11.5 Å². The van der Waals surface area contributed by atoms with E-state index in [1.165, 1.54) is 0 Å². The van der Waals surface area contributed by atoms with E-state index in [9.17, 15) is 19.8 Å². The summed E-state index contributed by atoms with van der Waals surface area (Å²) in [5, 5.41) is 23.1. The molecule has 242 valence electrons. The van der Waals surface area contributed by atoms with E-state index >= 15 is 0 Å². The van der Waals surface area contributed by atoms with Crippen molar-refractivity contribution < 1.29 is 38.7 Å². The van der Waals surface area contributed by atoms with Gasteiger partial charge in [0.2, 0.25) is 0 Å². The predicted molar refractivity (Wildman–Crippen MR) is 169 cm³/mol. The smallest absolute Gasteiger partial charge is 0.306 e. The van der Waals surface area contributed by atoms with Crippen molar-refractivity contribution in [3.05, 3.63) is 36.4 Å². The van der Waals surface area contributed by atoms with E-state index in [2.05, 4.69) is 0 Å². The SMILES string of the molecule is CCC(C)(C)OC(=O)CCC(=O)OC(C)(C)C(C)(CC)CC(O)COc1cccc2cc(OCC(O)C(C)(C)C)ccc12. The van der Waals surface area contributed by atoms with E-state index in [4.69, 9.17) is 18.9 Å². The minimum atomic E-state index is -0.900. The summed E-state index contributed by atoms with van der Waals surface area (Å²) >= 11 is 0. The highest BCUT2D eigenvalue weighted by atomic mass is 16.6. The summed E-state index contributed by atoms with van der Waals surface area (Å²) < 4.78 is 23.2. The van der Waals surface area contributed by atoms with E-state index in [0.29, 0.717) is 30.8 Å². The van der Waals surface area contributed by atoms with Gasteiger partial charge in [0.05, 0.1) is 25.0 Å².